The van der Waals surface area contributed by atoms with Crippen LogP contribution in [0.25, 0.3) is 16.3 Å². The molecule has 0 spiro atoms. The molecule has 4 heteroatoms. The summed E-state index contributed by atoms with van der Waals surface area (Å²) in [7, 11) is 1.46. The zero-order chi connectivity index (χ0) is 20.1. The lowest BCUT2D eigenvalue weighted by Crippen LogP contribution is -2.02. The molecule has 0 saturated heterocycles. The van der Waals surface area contributed by atoms with Crippen molar-refractivity contribution >= 4 is 22.3 Å². The lowest BCUT2D eigenvalue weighted by molar-refractivity contribution is -0.130. The fraction of sp³-hybridized carbons (Fsp3) is 0.125. The molecule has 3 aromatic carbocycles. The molecule has 0 aliphatic heterocycles. The fourth-order valence-corrected chi connectivity index (χ4v) is 3.36. The van der Waals surface area contributed by atoms with Crippen molar-refractivity contribution in [2.24, 2.45) is 0 Å². The van der Waals surface area contributed by atoms with E-state index in [2.05, 4.69) is 6.58 Å². The van der Waals surface area contributed by atoms with Crippen molar-refractivity contribution in [2.75, 3.05) is 7.11 Å². The van der Waals surface area contributed by atoms with Gasteiger partial charge >= 0.3 is 5.97 Å². The first kappa shape index (κ1) is 19.2. The van der Waals surface area contributed by atoms with Gasteiger partial charge in [0.05, 0.1) is 12.7 Å². The highest BCUT2D eigenvalue weighted by atomic mass is 16.5. The molecule has 28 heavy (non-hydrogen) atoms. The Hall–Kier alpha value is -3.53. The Morgan fingerprint density at radius 1 is 1.14 bits per heavy atom. The van der Waals surface area contributed by atoms with Crippen molar-refractivity contribution in [1.29, 1.82) is 0 Å². The maximum absolute atomic E-state index is 11.9. The Bertz CT molecular complexity index is 1050. The van der Waals surface area contributed by atoms with Crippen molar-refractivity contribution in [2.45, 2.75) is 12.8 Å². The van der Waals surface area contributed by atoms with Crippen LogP contribution in [-0.4, -0.2) is 23.3 Å². The van der Waals surface area contributed by atoms with Gasteiger partial charge in [0.2, 0.25) is 0 Å². The maximum Gasteiger partial charge on any atom is 0.336 e. The van der Waals surface area contributed by atoms with Crippen LogP contribution in [0.4, 0.5) is 0 Å². The number of carboxylic acids is 1. The Kier molecular flexibility index (Phi) is 5.80. The van der Waals surface area contributed by atoms with Gasteiger partial charge in [0.1, 0.15) is 0 Å². The number of rotatable bonds is 7. The summed E-state index contributed by atoms with van der Waals surface area (Å²) >= 11 is 0. The smallest absolute Gasteiger partial charge is 0.336 e. The van der Waals surface area contributed by atoms with E-state index in [0.717, 1.165) is 11.1 Å². The highest BCUT2D eigenvalue weighted by Gasteiger charge is 2.20. The van der Waals surface area contributed by atoms with Crippen molar-refractivity contribution in [3.05, 3.63) is 90.0 Å². The van der Waals surface area contributed by atoms with Gasteiger partial charge in [-0.15, -0.1) is 6.58 Å². The summed E-state index contributed by atoms with van der Waals surface area (Å²) in [4.78, 5) is 11.9. The fourth-order valence-electron chi connectivity index (χ4n) is 3.36. The Balaban J connectivity index is 2.29. The van der Waals surface area contributed by atoms with Crippen LogP contribution >= 0.6 is 0 Å². The van der Waals surface area contributed by atoms with Crippen molar-refractivity contribution < 1.29 is 19.7 Å². The van der Waals surface area contributed by atoms with Gasteiger partial charge in [0, 0.05) is 10.9 Å². The Morgan fingerprint density at radius 3 is 2.54 bits per heavy atom. The molecule has 3 rings (SSSR count). The van der Waals surface area contributed by atoms with Crippen LogP contribution in [0.5, 0.6) is 11.5 Å². The molecule has 0 fully saturated rings. The first-order valence-corrected chi connectivity index (χ1v) is 8.97. The summed E-state index contributed by atoms with van der Waals surface area (Å²) in [5.41, 5.74) is 2.66. The van der Waals surface area contributed by atoms with Crippen molar-refractivity contribution in [3.8, 4) is 11.5 Å². The number of benzene rings is 3. The molecular formula is C24H22O4. The molecular weight excluding hydrogens is 352 g/mol. The number of methoxy groups -OCH3 is 1. The van der Waals surface area contributed by atoms with Crippen LogP contribution in [0.1, 0.15) is 23.1 Å². The van der Waals surface area contributed by atoms with Gasteiger partial charge < -0.3 is 14.9 Å². The zero-order valence-electron chi connectivity index (χ0n) is 15.7. The van der Waals surface area contributed by atoms with E-state index in [0.29, 0.717) is 29.2 Å². The van der Waals surface area contributed by atoms with Gasteiger partial charge in [0.15, 0.2) is 11.5 Å². The van der Waals surface area contributed by atoms with Crippen LogP contribution in [0.2, 0.25) is 0 Å². The molecule has 0 bridgehead atoms. The highest BCUT2D eigenvalue weighted by molar-refractivity contribution is 6.20. The minimum atomic E-state index is -1.04. The first-order valence-electron chi connectivity index (χ1n) is 8.97. The van der Waals surface area contributed by atoms with E-state index >= 15 is 0 Å². The number of fused-ring (bicyclic) bond motifs is 1. The van der Waals surface area contributed by atoms with Crippen molar-refractivity contribution in [3.63, 3.8) is 0 Å². The molecule has 4 nitrogen and oxygen atoms in total. The monoisotopic (exact) mass is 374 g/mol. The molecule has 0 unspecified atom stereocenters. The second-order valence-electron chi connectivity index (χ2n) is 6.42. The number of aliphatic carboxylic acids is 1. The molecule has 2 N–H and O–H groups in total. The first-order chi connectivity index (χ1) is 13.6. The average Bonchev–Trinajstić information content (AvgIpc) is 2.70. The van der Waals surface area contributed by atoms with E-state index in [1.807, 2.05) is 48.5 Å². The van der Waals surface area contributed by atoms with E-state index < -0.39 is 5.97 Å². The van der Waals surface area contributed by atoms with Gasteiger partial charge in [-0.1, -0.05) is 60.7 Å². The highest BCUT2D eigenvalue weighted by Crippen LogP contribution is 2.41. The summed E-state index contributed by atoms with van der Waals surface area (Å²) < 4.78 is 5.34. The number of carboxylic acid groups (broad SMARTS) is 1. The standard InChI is InChI=1S/C24H22O4/c1-3-4-12-19(24(26)27)20-15-21(28-2)23(25)22-17(11-8-13-18(20)22)14-16-9-6-5-7-10-16/h3,5-13,15,25H,1,4,14H2,2H3,(H,26,27). The van der Waals surface area contributed by atoms with Crippen LogP contribution in [-0.2, 0) is 11.2 Å². The maximum atomic E-state index is 11.9. The lowest BCUT2D eigenvalue weighted by atomic mass is 9.91. The number of phenols is 1. The normalized spacial score (nSPS) is 11.4. The Labute approximate surface area is 164 Å². The summed E-state index contributed by atoms with van der Waals surface area (Å²) in [5, 5.41) is 21.8. The molecule has 3 aromatic rings. The number of ether oxygens (including phenoxy) is 1. The lowest BCUT2D eigenvalue weighted by Gasteiger charge is -2.16. The van der Waals surface area contributed by atoms with Crippen LogP contribution < -0.4 is 4.74 Å². The van der Waals surface area contributed by atoms with Gasteiger partial charge in [-0.05, 0) is 35.4 Å². The molecule has 0 aliphatic rings. The number of allylic oxidation sites excluding steroid dienone is 2. The molecule has 0 heterocycles. The molecule has 0 aliphatic carbocycles. The number of carbonyl (C=O) groups is 1. The van der Waals surface area contributed by atoms with E-state index in [9.17, 15) is 15.0 Å². The number of phenolic OH excluding ortho intramolecular Hbond substituents is 1. The van der Waals surface area contributed by atoms with E-state index in [1.165, 1.54) is 7.11 Å². The minimum absolute atomic E-state index is 0.0150. The minimum Gasteiger partial charge on any atom is -0.504 e. The number of hydrogen-bond donors (Lipinski definition) is 2. The average molecular weight is 374 g/mol. The van der Waals surface area contributed by atoms with Gasteiger partial charge in [0.25, 0.3) is 0 Å². The van der Waals surface area contributed by atoms with Crippen molar-refractivity contribution in [1.82, 2.24) is 0 Å². The zero-order valence-corrected chi connectivity index (χ0v) is 15.7. The van der Waals surface area contributed by atoms with E-state index in [1.54, 1.807) is 18.2 Å². The van der Waals surface area contributed by atoms with E-state index in [-0.39, 0.29) is 17.1 Å². The van der Waals surface area contributed by atoms with E-state index in [4.69, 9.17) is 4.74 Å². The molecule has 142 valence electrons. The summed E-state index contributed by atoms with van der Waals surface area (Å²) in [6, 6.07) is 17.1. The third-order valence-electron chi connectivity index (χ3n) is 4.65. The van der Waals surface area contributed by atoms with Gasteiger partial charge in [-0.25, -0.2) is 4.79 Å². The quantitative estimate of drug-likeness (QED) is 0.441. The Morgan fingerprint density at radius 2 is 1.89 bits per heavy atom. The van der Waals surface area contributed by atoms with Crippen LogP contribution in [0.15, 0.2) is 73.3 Å². The molecule has 0 amide bonds. The molecule has 0 saturated carbocycles. The number of aromatic hydroxyl groups is 1. The second-order valence-corrected chi connectivity index (χ2v) is 6.42. The van der Waals surface area contributed by atoms with Gasteiger partial charge in [-0.3, -0.25) is 0 Å². The largest absolute Gasteiger partial charge is 0.504 e. The van der Waals surface area contributed by atoms with Crippen LogP contribution in [0, 0.1) is 0 Å². The van der Waals surface area contributed by atoms with Crippen LogP contribution in [0.3, 0.4) is 0 Å². The summed E-state index contributed by atoms with van der Waals surface area (Å²) in [5.74, 6) is -0.778. The van der Waals surface area contributed by atoms with Gasteiger partial charge in [-0.2, -0.15) is 0 Å². The third kappa shape index (κ3) is 3.76. The molecule has 0 radical (unpaired) electrons. The SMILES string of the molecule is C=CCC=C(C(=O)O)c1cc(OC)c(O)c2c(Cc3ccccc3)cccc12. The summed E-state index contributed by atoms with van der Waals surface area (Å²) in [6.45, 7) is 3.65. The summed E-state index contributed by atoms with van der Waals surface area (Å²) in [6.07, 6.45) is 4.29. The number of hydrogen-bond acceptors (Lipinski definition) is 3. The second kappa shape index (κ2) is 8.44. The molecule has 0 atom stereocenters. The predicted molar refractivity (Wildman–Crippen MR) is 112 cm³/mol. The topological polar surface area (TPSA) is 66.8 Å². The third-order valence-corrected chi connectivity index (χ3v) is 4.65. The predicted octanol–water partition coefficient (Wildman–Crippen LogP) is 5.19. The molecule has 0 aromatic heterocycles.